The number of nitrogens with zero attached hydrogens (tertiary/aromatic N) is 2. The van der Waals surface area contributed by atoms with Crippen molar-refractivity contribution in [1.82, 2.24) is 14.7 Å². The zero-order valence-corrected chi connectivity index (χ0v) is 16.4. The summed E-state index contributed by atoms with van der Waals surface area (Å²) in [6.45, 7) is 1.60. The monoisotopic (exact) mass is 430 g/mol. The summed E-state index contributed by atoms with van der Waals surface area (Å²) >= 11 is 0. The normalized spacial score (nSPS) is 20.6. The van der Waals surface area contributed by atoms with Crippen LogP contribution in [0.3, 0.4) is 0 Å². The molecule has 1 aliphatic carbocycles. The number of aromatic nitrogens is 2. The number of aliphatic hydroxyl groups excluding tert-OH is 1. The molecule has 4 N–H and O–H groups in total. The highest BCUT2D eigenvalue weighted by atomic mass is 32.2. The molecule has 11 heteroatoms. The summed E-state index contributed by atoms with van der Waals surface area (Å²) < 4.78 is 68.6. The van der Waals surface area contributed by atoms with E-state index in [2.05, 4.69) is 14.7 Å². The fraction of sp³-hybridized carbons (Fsp3) is 0.444. The Morgan fingerprint density at radius 2 is 1.86 bits per heavy atom. The minimum atomic E-state index is -4.85. The van der Waals surface area contributed by atoms with Crippen LogP contribution < -0.4 is 10.5 Å². The smallest absolute Gasteiger partial charge is 0.393 e. The Morgan fingerprint density at radius 1 is 1.21 bits per heavy atom. The van der Waals surface area contributed by atoms with Gasteiger partial charge in [0.15, 0.2) is 0 Å². The van der Waals surface area contributed by atoms with Crippen LogP contribution in [-0.4, -0.2) is 35.6 Å². The lowest BCUT2D eigenvalue weighted by atomic mass is 9.94. The van der Waals surface area contributed by atoms with Crippen molar-refractivity contribution in [3.8, 4) is 11.1 Å². The van der Waals surface area contributed by atoms with Gasteiger partial charge in [0.1, 0.15) is 0 Å². The summed E-state index contributed by atoms with van der Waals surface area (Å²) in [6, 6.07) is 2.37. The van der Waals surface area contributed by atoms with Gasteiger partial charge in [-0.15, -0.1) is 0 Å². The summed E-state index contributed by atoms with van der Waals surface area (Å²) in [7, 11) is -4.46. The maximum Gasteiger partial charge on any atom is 0.417 e. The fourth-order valence-corrected chi connectivity index (χ4v) is 4.95. The zero-order valence-electron chi connectivity index (χ0n) is 15.6. The van der Waals surface area contributed by atoms with E-state index < -0.39 is 38.8 Å². The van der Waals surface area contributed by atoms with Crippen molar-refractivity contribution >= 4 is 16.0 Å². The van der Waals surface area contributed by atoms with Crippen LogP contribution in [0.1, 0.15) is 36.9 Å². The first kappa shape index (κ1) is 21.5. The van der Waals surface area contributed by atoms with Crippen LogP contribution in [0.25, 0.3) is 11.1 Å². The summed E-state index contributed by atoms with van der Waals surface area (Å²) in [4.78, 5) is 6.95. The van der Waals surface area contributed by atoms with Crippen molar-refractivity contribution in [3.63, 3.8) is 0 Å². The quantitative estimate of drug-likeness (QED) is 0.686. The van der Waals surface area contributed by atoms with Gasteiger partial charge >= 0.3 is 6.18 Å². The number of nitrogens with two attached hydrogens (primary N) is 1. The highest BCUT2D eigenvalue weighted by molar-refractivity contribution is 7.89. The Labute approximate surface area is 166 Å². The number of aryl methyl sites for hydroxylation is 1. The van der Waals surface area contributed by atoms with Crippen molar-refractivity contribution in [1.29, 1.82) is 0 Å². The first-order valence-corrected chi connectivity index (χ1v) is 10.5. The zero-order chi connectivity index (χ0) is 21.4. The third-order valence-corrected chi connectivity index (χ3v) is 6.46. The van der Waals surface area contributed by atoms with E-state index in [4.69, 9.17) is 5.73 Å². The molecule has 1 heterocycles. The number of sulfonamides is 1. The molecule has 1 aromatic heterocycles. The molecule has 0 atom stereocenters. The molecule has 2 aromatic rings. The van der Waals surface area contributed by atoms with Gasteiger partial charge < -0.3 is 10.8 Å². The van der Waals surface area contributed by atoms with Gasteiger partial charge in [-0.25, -0.2) is 23.1 Å². The molecule has 1 aliphatic rings. The van der Waals surface area contributed by atoms with Crippen LogP contribution in [0, 0.1) is 6.92 Å². The highest BCUT2D eigenvalue weighted by Crippen LogP contribution is 2.37. The highest BCUT2D eigenvalue weighted by Gasteiger charge is 2.38. The number of hydrogen-bond donors (Lipinski definition) is 3. The number of anilines is 1. The molecule has 0 saturated heterocycles. The number of alkyl halides is 3. The molecule has 3 rings (SSSR count). The summed E-state index contributed by atoms with van der Waals surface area (Å²) in [6.07, 6.45) is -2.54. The van der Waals surface area contributed by atoms with E-state index in [9.17, 15) is 26.7 Å². The number of aliphatic hydroxyl groups is 1. The molecule has 158 valence electrons. The topological polar surface area (TPSA) is 118 Å². The number of rotatable bonds is 4. The predicted octanol–water partition coefficient (Wildman–Crippen LogP) is 2.63. The largest absolute Gasteiger partial charge is 0.417 e. The van der Waals surface area contributed by atoms with Crippen LogP contribution >= 0.6 is 0 Å². The van der Waals surface area contributed by atoms with Gasteiger partial charge in [-0.2, -0.15) is 13.2 Å². The second-order valence-corrected chi connectivity index (χ2v) is 8.75. The van der Waals surface area contributed by atoms with Crippen molar-refractivity contribution in [2.75, 3.05) is 5.73 Å². The number of nitrogen functional groups attached to an aromatic ring is 1. The Balaban J connectivity index is 2.04. The summed E-state index contributed by atoms with van der Waals surface area (Å²) in [5.74, 6) is 0.00663. The molecule has 1 saturated carbocycles. The molecular weight excluding hydrogens is 409 g/mol. The van der Waals surface area contributed by atoms with Gasteiger partial charge in [0.05, 0.1) is 22.3 Å². The molecule has 0 bridgehead atoms. The molecule has 0 aliphatic heterocycles. The van der Waals surface area contributed by atoms with E-state index in [-0.39, 0.29) is 11.5 Å². The molecule has 7 nitrogen and oxygen atoms in total. The van der Waals surface area contributed by atoms with E-state index >= 15 is 0 Å². The first-order chi connectivity index (χ1) is 13.5. The van der Waals surface area contributed by atoms with E-state index in [1.54, 1.807) is 6.92 Å². The fourth-order valence-electron chi connectivity index (χ4n) is 3.39. The number of benzene rings is 1. The minimum absolute atomic E-state index is 0.00663. The Bertz CT molecular complexity index is 1000. The van der Waals surface area contributed by atoms with Crippen LogP contribution in [0.5, 0.6) is 0 Å². The third kappa shape index (κ3) is 4.85. The van der Waals surface area contributed by atoms with Crippen LogP contribution in [-0.2, 0) is 16.2 Å². The third-order valence-electron chi connectivity index (χ3n) is 4.90. The van der Waals surface area contributed by atoms with Crippen molar-refractivity contribution in [3.05, 3.63) is 35.7 Å². The molecule has 1 aromatic carbocycles. The average molecular weight is 430 g/mol. The standard InChI is InChI=1S/C18H21F3N4O3S/c1-10-14(9-23-17(22)24-10)11-2-7-15(18(19,20)21)16(8-11)29(27,28)25-12-3-5-13(26)6-4-12/h2,7-9,12-13,25-26H,3-6H2,1H3,(H2,22,23,24). The SMILES string of the molecule is Cc1nc(N)ncc1-c1ccc(C(F)(F)F)c(S(=O)(=O)NC2CCC(O)CC2)c1. The number of halogens is 3. The molecule has 1 fully saturated rings. The van der Waals surface area contributed by atoms with Crippen LogP contribution in [0.2, 0.25) is 0 Å². The van der Waals surface area contributed by atoms with Crippen molar-refractivity contribution in [2.45, 2.75) is 55.8 Å². The van der Waals surface area contributed by atoms with Crippen LogP contribution in [0.4, 0.5) is 19.1 Å². The number of nitrogens with one attached hydrogen (secondary N) is 1. The van der Waals surface area contributed by atoms with Crippen molar-refractivity contribution < 1.29 is 26.7 Å². The van der Waals surface area contributed by atoms with E-state index in [1.165, 1.54) is 12.3 Å². The lowest BCUT2D eigenvalue weighted by Gasteiger charge is -2.26. The summed E-state index contributed by atoms with van der Waals surface area (Å²) in [5.41, 5.74) is 5.28. The minimum Gasteiger partial charge on any atom is -0.393 e. The maximum atomic E-state index is 13.5. The lowest BCUT2D eigenvalue weighted by Crippen LogP contribution is -2.39. The van der Waals surface area contributed by atoms with E-state index in [0.29, 0.717) is 36.9 Å². The Morgan fingerprint density at radius 3 is 2.45 bits per heavy atom. The summed E-state index contributed by atoms with van der Waals surface area (Å²) in [5, 5.41) is 9.55. The lowest BCUT2D eigenvalue weighted by molar-refractivity contribution is -0.139. The van der Waals surface area contributed by atoms with Gasteiger partial charge in [-0.05, 0) is 50.3 Å². The second kappa shape index (κ2) is 7.88. The second-order valence-electron chi connectivity index (χ2n) is 7.06. The van der Waals surface area contributed by atoms with Gasteiger partial charge in [0, 0.05) is 17.8 Å². The maximum absolute atomic E-state index is 13.5. The first-order valence-electron chi connectivity index (χ1n) is 8.98. The van der Waals surface area contributed by atoms with Gasteiger partial charge in [0.2, 0.25) is 16.0 Å². The molecule has 0 unspecified atom stereocenters. The Kier molecular flexibility index (Phi) is 5.84. The van der Waals surface area contributed by atoms with E-state index in [0.717, 1.165) is 12.1 Å². The average Bonchev–Trinajstić information content (AvgIpc) is 2.62. The molecule has 29 heavy (non-hydrogen) atoms. The molecule has 0 spiro atoms. The van der Waals surface area contributed by atoms with Crippen molar-refractivity contribution in [2.24, 2.45) is 0 Å². The molecular formula is C18H21F3N4O3S. The predicted molar refractivity (Wildman–Crippen MR) is 100 cm³/mol. The van der Waals surface area contributed by atoms with Gasteiger partial charge in [-0.3, -0.25) is 0 Å². The molecule has 0 amide bonds. The number of hydrogen-bond acceptors (Lipinski definition) is 6. The Hall–Kier alpha value is -2.24. The van der Waals surface area contributed by atoms with Gasteiger partial charge in [0.25, 0.3) is 0 Å². The van der Waals surface area contributed by atoms with E-state index in [1.807, 2.05) is 0 Å². The van der Waals surface area contributed by atoms with Crippen LogP contribution in [0.15, 0.2) is 29.3 Å². The molecule has 0 radical (unpaired) electrons. The van der Waals surface area contributed by atoms with Gasteiger partial charge in [-0.1, -0.05) is 6.07 Å².